The lowest BCUT2D eigenvalue weighted by molar-refractivity contribution is 0.379. The summed E-state index contributed by atoms with van der Waals surface area (Å²) in [4.78, 5) is 4.43. The predicted molar refractivity (Wildman–Crippen MR) is 118 cm³/mol. The van der Waals surface area contributed by atoms with Crippen molar-refractivity contribution in [3.05, 3.63) is 84.2 Å². The van der Waals surface area contributed by atoms with Gasteiger partial charge in [-0.3, -0.25) is 4.57 Å². The minimum Gasteiger partial charge on any atom is -0.461 e. The highest BCUT2D eigenvalue weighted by Gasteiger charge is 2.24. The fourth-order valence-corrected chi connectivity index (χ4v) is 4.10. The Balaban J connectivity index is 1.52. The van der Waals surface area contributed by atoms with Crippen molar-refractivity contribution in [2.24, 2.45) is 0 Å². The highest BCUT2D eigenvalue weighted by Crippen LogP contribution is 2.37. The van der Waals surface area contributed by atoms with Gasteiger partial charge in [-0.2, -0.15) is 4.98 Å². The first-order valence-electron chi connectivity index (χ1n) is 9.91. The topological polar surface area (TPSA) is 82.8 Å². The van der Waals surface area contributed by atoms with Gasteiger partial charge in [0, 0.05) is 5.69 Å². The summed E-state index contributed by atoms with van der Waals surface area (Å²) in [6.45, 7) is 3.94. The van der Waals surface area contributed by atoms with E-state index < -0.39 is 0 Å². The molecule has 0 aliphatic rings. The number of aryl methyl sites for hydroxylation is 1. The summed E-state index contributed by atoms with van der Waals surface area (Å²) in [7, 11) is 0. The second-order valence-electron chi connectivity index (χ2n) is 7.15. The van der Waals surface area contributed by atoms with Gasteiger partial charge in [0.15, 0.2) is 16.7 Å². The molecule has 7 nitrogen and oxygen atoms in total. The van der Waals surface area contributed by atoms with E-state index in [-0.39, 0.29) is 11.1 Å². The van der Waals surface area contributed by atoms with Crippen LogP contribution < -0.4 is 0 Å². The first-order valence-corrected chi connectivity index (χ1v) is 10.8. The van der Waals surface area contributed by atoms with Gasteiger partial charge in [-0.15, -0.1) is 10.2 Å². The molecule has 9 heteroatoms. The summed E-state index contributed by atoms with van der Waals surface area (Å²) in [5.41, 5.74) is 2.32. The maximum absolute atomic E-state index is 14.6. The monoisotopic (exact) mass is 447 g/mol. The molecule has 0 aliphatic heterocycles. The standard InChI is InChI=1S/C23H18FN5O2S/c1-14-9-11-16(12-10-14)29-21(17-6-3-4-7-18(17)24)26-27-23(29)32-15(2)22-25-20(28-31-22)19-8-5-13-30-19/h3-13,15H,1-2H3/t15-/m0/s1. The fraction of sp³-hybridized carbons (Fsp3) is 0.130. The zero-order valence-corrected chi connectivity index (χ0v) is 18.1. The predicted octanol–water partition coefficient (Wildman–Crippen LogP) is 5.88. The first kappa shape index (κ1) is 20.2. The third-order valence-electron chi connectivity index (χ3n) is 4.85. The molecule has 0 bridgehead atoms. The van der Waals surface area contributed by atoms with E-state index in [4.69, 9.17) is 8.94 Å². The molecule has 0 aliphatic carbocycles. The highest BCUT2D eigenvalue weighted by molar-refractivity contribution is 7.99. The number of thioether (sulfide) groups is 1. The molecule has 0 unspecified atom stereocenters. The number of furan rings is 1. The van der Waals surface area contributed by atoms with Crippen LogP contribution in [0.4, 0.5) is 4.39 Å². The highest BCUT2D eigenvalue weighted by atomic mass is 32.2. The van der Waals surface area contributed by atoms with E-state index in [0.717, 1.165) is 11.3 Å². The molecule has 2 aromatic carbocycles. The number of aromatic nitrogens is 5. The Kier molecular flexibility index (Phi) is 5.32. The number of benzene rings is 2. The second-order valence-corrected chi connectivity index (χ2v) is 8.46. The molecule has 5 aromatic rings. The molecular formula is C23H18FN5O2S. The van der Waals surface area contributed by atoms with Crippen LogP contribution in [-0.2, 0) is 0 Å². The molecule has 3 heterocycles. The third-order valence-corrected chi connectivity index (χ3v) is 5.88. The van der Waals surface area contributed by atoms with Gasteiger partial charge in [-0.1, -0.05) is 46.7 Å². The van der Waals surface area contributed by atoms with Gasteiger partial charge in [0.05, 0.1) is 17.1 Å². The van der Waals surface area contributed by atoms with Crippen molar-refractivity contribution in [3.63, 3.8) is 0 Å². The first-order chi connectivity index (χ1) is 15.6. The summed E-state index contributed by atoms with van der Waals surface area (Å²) < 4.78 is 27.2. The maximum atomic E-state index is 14.6. The molecule has 0 fully saturated rings. The lowest BCUT2D eigenvalue weighted by Crippen LogP contribution is -2.02. The van der Waals surface area contributed by atoms with E-state index in [1.807, 2.05) is 42.7 Å². The Morgan fingerprint density at radius 1 is 1.00 bits per heavy atom. The largest absolute Gasteiger partial charge is 0.461 e. The van der Waals surface area contributed by atoms with Crippen LogP contribution in [-0.4, -0.2) is 24.9 Å². The van der Waals surface area contributed by atoms with Crippen LogP contribution in [0.5, 0.6) is 0 Å². The smallest absolute Gasteiger partial charge is 0.240 e. The van der Waals surface area contributed by atoms with Crippen molar-refractivity contribution in [2.75, 3.05) is 0 Å². The Bertz CT molecular complexity index is 1350. The molecule has 0 spiro atoms. The van der Waals surface area contributed by atoms with E-state index in [9.17, 15) is 4.39 Å². The Morgan fingerprint density at radius 3 is 2.56 bits per heavy atom. The third kappa shape index (κ3) is 3.82. The quantitative estimate of drug-likeness (QED) is 0.301. The van der Waals surface area contributed by atoms with Crippen molar-refractivity contribution in [1.29, 1.82) is 0 Å². The van der Waals surface area contributed by atoms with Crippen LogP contribution >= 0.6 is 11.8 Å². The second kappa shape index (κ2) is 8.43. The van der Waals surface area contributed by atoms with Gasteiger partial charge < -0.3 is 8.94 Å². The molecular weight excluding hydrogens is 429 g/mol. The zero-order chi connectivity index (χ0) is 22.1. The molecule has 0 saturated carbocycles. The molecule has 160 valence electrons. The SMILES string of the molecule is Cc1ccc(-n2c(S[C@@H](C)c3nc(-c4ccco4)no3)nnc2-c2ccccc2F)cc1. The van der Waals surface area contributed by atoms with Crippen molar-refractivity contribution in [1.82, 2.24) is 24.9 Å². The lowest BCUT2D eigenvalue weighted by Gasteiger charge is -2.12. The van der Waals surface area contributed by atoms with E-state index in [0.29, 0.717) is 34.0 Å². The number of hydrogen-bond acceptors (Lipinski definition) is 7. The van der Waals surface area contributed by atoms with Crippen molar-refractivity contribution >= 4 is 11.8 Å². The van der Waals surface area contributed by atoms with Gasteiger partial charge in [0.1, 0.15) is 5.82 Å². The van der Waals surface area contributed by atoms with Gasteiger partial charge in [0.2, 0.25) is 11.7 Å². The number of hydrogen-bond donors (Lipinski definition) is 0. The number of halogens is 1. The van der Waals surface area contributed by atoms with Crippen molar-refractivity contribution in [2.45, 2.75) is 24.3 Å². The summed E-state index contributed by atoms with van der Waals surface area (Å²) in [5, 5.41) is 13.0. The van der Waals surface area contributed by atoms with Gasteiger partial charge in [0.25, 0.3) is 0 Å². The molecule has 32 heavy (non-hydrogen) atoms. The van der Waals surface area contributed by atoms with Crippen LogP contribution in [0.2, 0.25) is 0 Å². The fourth-order valence-electron chi connectivity index (χ4n) is 3.20. The average Bonchev–Trinajstić information content (AvgIpc) is 3.55. The molecule has 0 saturated heterocycles. The maximum Gasteiger partial charge on any atom is 0.240 e. The molecule has 3 aromatic heterocycles. The van der Waals surface area contributed by atoms with E-state index in [2.05, 4.69) is 20.3 Å². The minimum atomic E-state index is -0.363. The van der Waals surface area contributed by atoms with Crippen LogP contribution in [0.15, 0.2) is 81.0 Å². The van der Waals surface area contributed by atoms with Gasteiger partial charge in [-0.25, -0.2) is 4.39 Å². The molecule has 0 radical (unpaired) electrons. The van der Waals surface area contributed by atoms with Gasteiger partial charge >= 0.3 is 0 Å². The van der Waals surface area contributed by atoms with Crippen molar-refractivity contribution in [3.8, 4) is 28.7 Å². The molecule has 1 atom stereocenters. The zero-order valence-electron chi connectivity index (χ0n) is 17.3. The summed E-state index contributed by atoms with van der Waals surface area (Å²) in [6, 6.07) is 17.9. The Morgan fingerprint density at radius 2 is 1.81 bits per heavy atom. The van der Waals surface area contributed by atoms with E-state index in [1.54, 1.807) is 36.6 Å². The van der Waals surface area contributed by atoms with E-state index >= 15 is 0 Å². The average molecular weight is 447 g/mol. The number of nitrogens with zero attached hydrogens (tertiary/aromatic N) is 5. The van der Waals surface area contributed by atoms with Crippen LogP contribution in [0.3, 0.4) is 0 Å². The Hall–Kier alpha value is -3.72. The van der Waals surface area contributed by atoms with Crippen LogP contribution in [0, 0.1) is 12.7 Å². The normalized spacial score (nSPS) is 12.2. The Labute approximate surface area is 187 Å². The summed E-state index contributed by atoms with van der Waals surface area (Å²) >= 11 is 1.39. The van der Waals surface area contributed by atoms with Crippen LogP contribution in [0.25, 0.3) is 28.7 Å². The molecule has 0 amide bonds. The number of rotatable bonds is 6. The van der Waals surface area contributed by atoms with Gasteiger partial charge in [-0.05, 0) is 50.2 Å². The minimum absolute atomic E-state index is 0.229. The molecule has 5 rings (SSSR count). The summed E-state index contributed by atoms with van der Waals surface area (Å²) in [6.07, 6.45) is 1.55. The van der Waals surface area contributed by atoms with E-state index in [1.165, 1.54) is 17.8 Å². The summed E-state index contributed by atoms with van der Waals surface area (Å²) in [5.74, 6) is 1.39. The lowest BCUT2D eigenvalue weighted by atomic mass is 10.2. The van der Waals surface area contributed by atoms with Crippen LogP contribution in [0.1, 0.15) is 23.6 Å². The molecule has 0 N–H and O–H groups in total. The van der Waals surface area contributed by atoms with Crippen molar-refractivity contribution < 1.29 is 13.3 Å².